The Labute approximate surface area is 183 Å². The van der Waals surface area contributed by atoms with Gasteiger partial charge in [0.25, 0.3) is 0 Å². The van der Waals surface area contributed by atoms with Crippen LogP contribution in [0.3, 0.4) is 0 Å². The number of hydrogen-bond donors (Lipinski definition) is 6. The van der Waals surface area contributed by atoms with E-state index in [1.165, 1.54) is 25.1 Å². The molecule has 10 nitrogen and oxygen atoms in total. The number of amides is 1. The Morgan fingerprint density at radius 1 is 1.12 bits per heavy atom. The van der Waals surface area contributed by atoms with Gasteiger partial charge in [0.2, 0.25) is 11.7 Å². The molecule has 10 heteroatoms. The van der Waals surface area contributed by atoms with Gasteiger partial charge in [0.05, 0.1) is 17.8 Å². The molecule has 7 N–H and O–H groups in total. The minimum Gasteiger partial charge on any atom is -0.507 e. The molecule has 2 saturated carbocycles. The van der Waals surface area contributed by atoms with Crippen LogP contribution in [0.1, 0.15) is 24.0 Å². The van der Waals surface area contributed by atoms with E-state index in [1.54, 1.807) is 19.1 Å². The van der Waals surface area contributed by atoms with Crippen LogP contribution in [0.15, 0.2) is 23.8 Å². The fourth-order valence-electron chi connectivity index (χ4n) is 5.93. The summed E-state index contributed by atoms with van der Waals surface area (Å²) < 4.78 is 0. The fourth-order valence-corrected chi connectivity index (χ4v) is 5.93. The number of Topliss-reactive ketones (excluding diaryl/α,β-unsaturated/α-hetero) is 2. The summed E-state index contributed by atoms with van der Waals surface area (Å²) in [6.45, 7) is 1.69. The maximum absolute atomic E-state index is 13.7. The van der Waals surface area contributed by atoms with Crippen molar-refractivity contribution in [1.29, 1.82) is 0 Å². The van der Waals surface area contributed by atoms with Crippen LogP contribution in [-0.4, -0.2) is 85.9 Å². The number of nitrogens with zero attached hydrogens (tertiary/aromatic N) is 1. The second-order valence-corrected chi connectivity index (χ2v) is 9.12. The third kappa shape index (κ3) is 2.57. The summed E-state index contributed by atoms with van der Waals surface area (Å²) >= 11 is 0. The fraction of sp³-hybridized carbons (Fsp3) is 0.500. The third-order valence-electron chi connectivity index (χ3n) is 7.36. The zero-order chi connectivity index (χ0) is 23.9. The van der Waals surface area contributed by atoms with Crippen molar-refractivity contribution >= 4 is 23.2 Å². The third-order valence-corrected chi connectivity index (χ3v) is 7.36. The van der Waals surface area contributed by atoms with Crippen molar-refractivity contribution in [3.05, 3.63) is 34.9 Å². The molecule has 1 aromatic rings. The standard InChI is InChI=1S/C22H26N2O8/c1-7-8-5-4-6-9(25)11(8)16(26)12-10(7)17(27)14-15(24(2)3)18(28)13(21(23)31)20(30)22(14,32)19(12)29/h4-7,10,13-15,17-18,25-28,32H,1-3H3,(H2,23,31)/t7-,10?,13?,14?,15-,17-,18?,22-/m0/s1. The molecular weight excluding hydrogens is 420 g/mol. The Morgan fingerprint density at radius 3 is 2.31 bits per heavy atom. The van der Waals surface area contributed by atoms with E-state index in [1.807, 2.05) is 0 Å². The van der Waals surface area contributed by atoms with Crippen LogP contribution in [0.5, 0.6) is 5.75 Å². The largest absolute Gasteiger partial charge is 0.507 e. The number of carbonyl (C=O) groups excluding carboxylic acids is 3. The molecule has 8 atom stereocenters. The number of fused-ring (bicyclic) bond motifs is 3. The number of rotatable bonds is 2. The summed E-state index contributed by atoms with van der Waals surface area (Å²) in [4.78, 5) is 40.3. The molecule has 2 fully saturated rings. The molecule has 0 spiro atoms. The first-order valence-corrected chi connectivity index (χ1v) is 10.3. The van der Waals surface area contributed by atoms with E-state index in [0.717, 1.165) is 0 Å². The first-order valence-electron chi connectivity index (χ1n) is 10.3. The highest BCUT2D eigenvalue weighted by Gasteiger charge is 2.71. The number of likely N-dealkylation sites (N-methyl/N-ethyl adjacent to an activating group) is 1. The van der Waals surface area contributed by atoms with Crippen LogP contribution in [0, 0.1) is 17.8 Å². The molecule has 3 aliphatic carbocycles. The first-order chi connectivity index (χ1) is 14.9. The number of carbonyl (C=O) groups is 3. The quantitative estimate of drug-likeness (QED) is 0.300. The van der Waals surface area contributed by atoms with E-state index in [2.05, 4.69) is 0 Å². The number of ketones is 2. The molecule has 0 aromatic heterocycles. The van der Waals surface area contributed by atoms with Crippen LogP contribution in [-0.2, 0) is 14.4 Å². The van der Waals surface area contributed by atoms with Gasteiger partial charge < -0.3 is 36.2 Å². The van der Waals surface area contributed by atoms with Gasteiger partial charge in [-0.25, -0.2) is 0 Å². The van der Waals surface area contributed by atoms with Crippen molar-refractivity contribution in [1.82, 2.24) is 4.90 Å². The van der Waals surface area contributed by atoms with Crippen molar-refractivity contribution in [2.24, 2.45) is 23.5 Å². The molecule has 0 heterocycles. The number of primary amides is 1. The van der Waals surface area contributed by atoms with Gasteiger partial charge in [0, 0.05) is 23.5 Å². The van der Waals surface area contributed by atoms with Gasteiger partial charge in [0.15, 0.2) is 11.4 Å². The van der Waals surface area contributed by atoms with Crippen LogP contribution >= 0.6 is 0 Å². The average molecular weight is 446 g/mol. The number of aromatic hydroxyl groups is 1. The predicted molar refractivity (Wildman–Crippen MR) is 110 cm³/mol. The molecule has 4 unspecified atom stereocenters. The SMILES string of the molecule is C[C@H]1c2cccc(O)c2C(O)=C2C(=O)[C@]3(O)C(=O)C(C(N)=O)C(O)[C@@H](N(C)C)C3[C@@H](O)C21. The van der Waals surface area contributed by atoms with Crippen LogP contribution in [0.4, 0.5) is 0 Å². The normalized spacial score (nSPS) is 38.9. The van der Waals surface area contributed by atoms with Crippen molar-refractivity contribution in [2.45, 2.75) is 36.7 Å². The van der Waals surface area contributed by atoms with Crippen molar-refractivity contribution in [3.8, 4) is 5.75 Å². The topological polar surface area (TPSA) is 182 Å². The lowest BCUT2D eigenvalue weighted by Gasteiger charge is -2.56. The predicted octanol–water partition coefficient (Wildman–Crippen LogP) is -1.34. The Kier molecular flexibility index (Phi) is 4.98. The maximum Gasteiger partial charge on any atom is 0.230 e. The van der Waals surface area contributed by atoms with E-state index >= 15 is 0 Å². The Hall–Kier alpha value is -2.79. The Bertz CT molecular complexity index is 1070. The molecule has 0 saturated heterocycles. The van der Waals surface area contributed by atoms with Gasteiger partial charge in [-0.2, -0.15) is 0 Å². The molecule has 4 rings (SSSR count). The van der Waals surface area contributed by atoms with Gasteiger partial charge in [0.1, 0.15) is 17.4 Å². The number of hydrogen-bond acceptors (Lipinski definition) is 9. The zero-order valence-electron chi connectivity index (χ0n) is 17.8. The molecule has 0 aliphatic heterocycles. The lowest BCUT2D eigenvalue weighted by atomic mass is 9.52. The summed E-state index contributed by atoms with van der Waals surface area (Å²) in [6, 6.07) is 3.34. The number of phenolic OH excluding ortho intramolecular Hbond substituents is 1. The molecular formula is C22H26N2O8. The first kappa shape index (κ1) is 22.4. The van der Waals surface area contributed by atoms with Crippen molar-refractivity contribution in [3.63, 3.8) is 0 Å². The van der Waals surface area contributed by atoms with Gasteiger partial charge in [-0.3, -0.25) is 14.4 Å². The maximum atomic E-state index is 13.7. The zero-order valence-corrected chi connectivity index (χ0v) is 17.8. The van der Waals surface area contributed by atoms with Gasteiger partial charge in [-0.1, -0.05) is 19.1 Å². The number of aliphatic hydroxyl groups excluding tert-OH is 3. The highest BCUT2D eigenvalue weighted by Crippen LogP contribution is 2.55. The second kappa shape index (κ2) is 7.11. The highest BCUT2D eigenvalue weighted by atomic mass is 16.3. The Morgan fingerprint density at radius 2 is 1.75 bits per heavy atom. The summed E-state index contributed by atoms with van der Waals surface area (Å²) in [5, 5.41) is 55.0. The minimum absolute atomic E-state index is 0.0206. The smallest absolute Gasteiger partial charge is 0.230 e. The molecule has 1 amide bonds. The molecule has 172 valence electrons. The van der Waals surface area contributed by atoms with Gasteiger partial charge in [-0.05, 0) is 31.6 Å². The number of benzene rings is 1. The summed E-state index contributed by atoms with van der Waals surface area (Å²) in [5.41, 5.74) is 2.47. The monoisotopic (exact) mass is 446 g/mol. The van der Waals surface area contributed by atoms with E-state index in [9.17, 15) is 39.9 Å². The van der Waals surface area contributed by atoms with E-state index in [0.29, 0.717) is 5.56 Å². The summed E-state index contributed by atoms with van der Waals surface area (Å²) in [6.07, 6.45) is -3.22. The van der Waals surface area contributed by atoms with E-state index in [4.69, 9.17) is 5.73 Å². The van der Waals surface area contributed by atoms with Gasteiger partial charge in [-0.15, -0.1) is 0 Å². The van der Waals surface area contributed by atoms with Crippen LogP contribution in [0.25, 0.3) is 5.76 Å². The van der Waals surface area contributed by atoms with Gasteiger partial charge >= 0.3 is 0 Å². The second-order valence-electron chi connectivity index (χ2n) is 9.12. The molecule has 0 radical (unpaired) electrons. The van der Waals surface area contributed by atoms with Crippen molar-refractivity contribution in [2.75, 3.05) is 14.1 Å². The van der Waals surface area contributed by atoms with E-state index in [-0.39, 0.29) is 11.3 Å². The molecule has 1 aromatic carbocycles. The lowest BCUT2D eigenvalue weighted by Crippen LogP contribution is -2.76. The van der Waals surface area contributed by atoms with Crippen LogP contribution < -0.4 is 5.73 Å². The minimum atomic E-state index is -2.91. The lowest BCUT2D eigenvalue weighted by molar-refractivity contribution is -0.199. The summed E-state index contributed by atoms with van der Waals surface area (Å²) in [7, 11) is 3.03. The molecule has 0 bridgehead atoms. The number of phenols is 1. The molecule has 32 heavy (non-hydrogen) atoms. The number of nitrogens with two attached hydrogens (primary N) is 1. The average Bonchev–Trinajstić information content (AvgIpc) is 2.70. The summed E-state index contributed by atoms with van der Waals surface area (Å²) in [5.74, 6) is -9.67. The van der Waals surface area contributed by atoms with E-state index < -0.39 is 76.3 Å². The number of aliphatic hydroxyl groups is 4. The Balaban J connectivity index is 2.01. The van der Waals surface area contributed by atoms with Crippen molar-refractivity contribution < 1.29 is 39.9 Å². The molecule has 3 aliphatic rings. The highest BCUT2D eigenvalue weighted by molar-refractivity contribution is 6.25. The van der Waals surface area contributed by atoms with Crippen LogP contribution in [0.2, 0.25) is 0 Å².